The molecule has 0 aliphatic carbocycles. The third-order valence-electron chi connectivity index (χ3n) is 5.59. The number of aromatic nitrogens is 2. The summed E-state index contributed by atoms with van der Waals surface area (Å²) in [7, 11) is 0. The van der Waals surface area contributed by atoms with Gasteiger partial charge in [-0.2, -0.15) is 10.4 Å². The highest BCUT2D eigenvalue weighted by molar-refractivity contribution is 6.02. The molecular formula is C25H22N4O4. The van der Waals surface area contributed by atoms with E-state index in [1.54, 1.807) is 17.0 Å². The van der Waals surface area contributed by atoms with Gasteiger partial charge >= 0.3 is 0 Å². The second-order valence-electron chi connectivity index (χ2n) is 7.80. The zero-order valence-corrected chi connectivity index (χ0v) is 17.9. The van der Waals surface area contributed by atoms with Crippen molar-refractivity contribution < 1.29 is 19.0 Å². The molecule has 8 heteroatoms. The molecule has 8 nitrogen and oxygen atoms in total. The molecule has 0 radical (unpaired) electrons. The summed E-state index contributed by atoms with van der Waals surface area (Å²) < 4.78 is 18.2. The minimum Gasteiger partial charge on any atom is -0.454 e. The van der Waals surface area contributed by atoms with E-state index in [9.17, 15) is 10.1 Å². The molecular weight excluding hydrogens is 420 g/mol. The molecule has 33 heavy (non-hydrogen) atoms. The monoisotopic (exact) mass is 442 g/mol. The fourth-order valence-corrected chi connectivity index (χ4v) is 3.89. The highest BCUT2D eigenvalue weighted by Crippen LogP contribution is 2.37. The van der Waals surface area contributed by atoms with Gasteiger partial charge in [-0.1, -0.05) is 18.2 Å². The molecule has 1 aromatic heterocycles. The van der Waals surface area contributed by atoms with Gasteiger partial charge in [-0.05, 0) is 49.2 Å². The van der Waals surface area contributed by atoms with Crippen LogP contribution < -0.4 is 14.8 Å². The van der Waals surface area contributed by atoms with E-state index in [4.69, 9.17) is 19.3 Å². The Morgan fingerprint density at radius 3 is 2.85 bits per heavy atom. The van der Waals surface area contributed by atoms with Crippen LogP contribution in [0.4, 0.5) is 0 Å². The van der Waals surface area contributed by atoms with Crippen molar-refractivity contribution in [2.75, 3.05) is 19.9 Å². The first-order valence-electron chi connectivity index (χ1n) is 10.8. The number of nitrogens with zero attached hydrogens (tertiary/aromatic N) is 3. The molecule has 1 fully saturated rings. The largest absolute Gasteiger partial charge is 0.454 e. The number of hydrogen-bond acceptors (Lipinski definition) is 6. The molecule has 2 aliphatic rings. The number of nitrogens with one attached hydrogen (secondary N) is 1. The SMILES string of the molecule is N#C/C(=C\c1cn(-c2ccccc2)nc1-c1ccc2c(c1)OCO2)C(=O)NCC1CCCO1. The van der Waals surface area contributed by atoms with Gasteiger partial charge in [0.2, 0.25) is 6.79 Å². The van der Waals surface area contributed by atoms with Gasteiger partial charge in [0.25, 0.3) is 5.91 Å². The Morgan fingerprint density at radius 2 is 2.06 bits per heavy atom. The Bertz CT molecular complexity index is 1240. The van der Waals surface area contributed by atoms with Crippen LogP contribution in [0.5, 0.6) is 11.5 Å². The summed E-state index contributed by atoms with van der Waals surface area (Å²) in [5, 5.41) is 17.2. The fraction of sp³-hybridized carbons (Fsp3) is 0.240. The maximum absolute atomic E-state index is 12.7. The highest BCUT2D eigenvalue weighted by atomic mass is 16.7. The molecule has 1 saturated heterocycles. The summed E-state index contributed by atoms with van der Waals surface area (Å²) in [4.78, 5) is 12.7. The maximum Gasteiger partial charge on any atom is 0.262 e. The molecule has 1 atom stereocenters. The summed E-state index contributed by atoms with van der Waals surface area (Å²) in [6, 6.07) is 17.2. The molecule has 166 valence electrons. The molecule has 1 amide bonds. The number of carbonyl (C=O) groups is 1. The summed E-state index contributed by atoms with van der Waals surface area (Å²) in [6.07, 6.45) is 5.26. The van der Waals surface area contributed by atoms with Gasteiger partial charge in [0.15, 0.2) is 11.5 Å². The Kier molecular flexibility index (Phi) is 5.79. The van der Waals surface area contributed by atoms with Crippen LogP contribution in [0.2, 0.25) is 0 Å². The Morgan fingerprint density at radius 1 is 1.21 bits per heavy atom. The minimum atomic E-state index is -0.433. The lowest BCUT2D eigenvalue weighted by atomic mass is 10.1. The van der Waals surface area contributed by atoms with E-state index >= 15 is 0 Å². The predicted molar refractivity (Wildman–Crippen MR) is 121 cm³/mol. The van der Waals surface area contributed by atoms with E-state index in [1.165, 1.54) is 0 Å². The van der Waals surface area contributed by atoms with Crippen molar-refractivity contribution in [3.05, 3.63) is 65.9 Å². The second-order valence-corrected chi connectivity index (χ2v) is 7.80. The lowest BCUT2D eigenvalue weighted by molar-refractivity contribution is -0.117. The van der Waals surface area contributed by atoms with Gasteiger partial charge < -0.3 is 19.5 Å². The first-order chi connectivity index (χ1) is 16.2. The number of carbonyl (C=O) groups excluding carboxylic acids is 1. The third-order valence-corrected chi connectivity index (χ3v) is 5.59. The predicted octanol–water partition coefficient (Wildman–Crippen LogP) is 3.47. The van der Waals surface area contributed by atoms with Crippen LogP contribution in [-0.2, 0) is 9.53 Å². The van der Waals surface area contributed by atoms with Crippen LogP contribution in [0, 0.1) is 11.3 Å². The summed E-state index contributed by atoms with van der Waals surface area (Å²) >= 11 is 0. The molecule has 0 spiro atoms. The van der Waals surface area contributed by atoms with Crippen molar-refractivity contribution >= 4 is 12.0 Å². The van der Waals surface area contributed by atoms with Crippen molar-refractivity contribution in [1.29, 1.82) is 5.26 Å². The van der Waals surface area contributed by atoms with Gasteiger partial charge in [-0.25, -0.2) is 4.68 Å². The number of nitriles is 1. The van der Waals surface area contributed by atoms with E-state index < -0.39 is 5.91 Å². The summed E-state index contributed by atoms with van der Waals surface area (Å²) in [6.45, 7) is 1.27. The Labute approximate surface area is 191 Å². The van der Waals surface area contributed by atoms with Gasteiger partial charge in [0.05, 0.1) is 11.8 Å². The van der Waals surface area contributed by atoms with E-state index in [0.29, 0.717) is 35.9 Å². The van der Waals surface area contributed by atoms with Crippen LogP contribution in [0.15, 0.2) is 60.3 Å². The van der Waals surface area contributed by atoms with Crippen molar-refractivity contribution in [2.45, 2.75) is 18.9 Å². The quantitative estimate of drug-likeness (QED) is 0.464. The average Bonchev–Trinajstić information content (AvgIpc) is 3.62. The number of para-hydroxylation sites is 1. The van der Waals surface area contributed by atoms with E-state index in [-0.39, 0.29) is 18.5 Å². The Hall–Kier alpha value is -4.09. The highest BCUT2D eigenvalue weighted by Gasteiger charge is 2.20. The standard InChI is InChI=1S/C25H22N4O4/c26-13-18(25(30)27-14-21-7-4-10-31-21)11-19-15-29(20-5-2-1-3-6-20)28-24(19)17-8-9-22-23(12-17)33-16-32-22/h1-3,5-6,8-9,11-12,15,21H,4,7,10,14,16H2,(H,27,30)/b18-11+. The van der Waals surface area contributed by atoms with Crippen LogP contribution in [-0.4, -0.2) is 41.7 Å². The molecule has 2 aliphatic heterocycles. The molecule has 3 aromatic rings. The lowest BCUT2D eigenvalue weighted by Gasteiger charge is -2.10. The topological polar surface area (TPSA) is 98.4 Å². The maximum atomic E-state index is 12.7. The van der Waals surface area contributed by atoms with Gasteiger partial charge in [-0.15, -0.1) is 0 Å². The number of benzene rings is 2. The lowest BCUT2D eigenvalue weighted by Crippen LogP contribution is -2.32. The van der Waals surface area contributed by atoms with Crippen LogP contribution in [0.1, 0.15) is 18.4 Å². The molecule has 0 saturated carbocycles. The Balaban J connectivity index is 1.50. The van der Waals surface area contributed by atoms with Crippen molar-refractivity contribution in [3.8, 4) is 34.5 Å². The zero-order valence-electron chi connectivity index (χ0n) is 17.9. The summed E-state index contributed by atoms with van der Waals surface area (Å²) in [5.41, 5.74) is 2.92. The van der Waals surface area contributed by atoms with Crippen molar-refractivity contribution in [2.24, 2.45) is 0 Å². The summed E-state index contributed by atoms with van der Waals surface area (Å²) in [5.74, 6) is 0.869. The smallest absolute Gasteiger partial charge is 0.262 e. The molecule has 0 bridgehead atoms. The molecule has 1 N–H and O–H groups in total. The first kappa shape index (κ1) is 20.8. The first-order valence-corrected chi connectivity index (χ1v) is 10.8. The van der Waals surface area contributed by atoms with E-state index in [0.717, 1.165) is 24.1 Å². The number of ether oxygens (including phenoxy) is 3. The van der Waals surface area contributed by atoms with Gasteiger partial charge in [0.1, 0.15) is 17.3 Å². The van der Waals surface area contributed by atoms with Crippen LogP contribution >= 0.6 is 0 Å². The molecule has 1 unspecified atom stereocenters. The molecule has 5 rings (SSSR count). The third kappa shape index (κ3) is 4.45. The number of rotatable bonds is 6. The molecule has 3 heterocycles. The van der Waals surface area contributed by atoms with E-state index in [2.05, 4.69) is 5.32 Å². The second kappa shape index (κ2) is 9.18. The number of fused-ring (bicyclic) bond motifs is 1. The number of hydrogen-bond donors (Lipinski definition) is 1. The minimum absolute atomic E-state index is 0.00100. The van der Waals surface area contributed by atoms with Crippen LogP contribution in [0.3, 0.4) is 0 Å². The number of amides is 1. The van der Waals surface area contributed by atoms with Crippen molar-refractivity contribution in [1.82, 2.24) is 15.1 Å². The van der Waals surface area contributed by atoms with E-state index in [1.807, 2.05) is 54.6 Å². The van der Waals surface area contributed by atoms with Crippen molar-refractivity contribution in [3.63, 3.8) is 0 Å². The molecule has 2 aromatic carbocycles. The van der Waals surface area contributed by atoms with Gasteiger partial charge in [-0.3, -0.25) is 4.79 Å². The normalized spacial score (nSPS) is 17.1. The average molecular weight is 442 g/mol. The van der Waals surface area contributed by atoms with Gasteiger partial charge in [0, 0.05) is 30.5 Å². The zero-order chi connectivity index (χ0) is 22.6. The fourth-order valence-electron chi connectivity index (χ4n) is 3.89. The van der Waals surface area contributed by atoms with Crippen LogP contribution in [0.25, 0.3) is 23.0 Å².